The number of nitrogen functional groups attached to an aromatic ring is 1. The van der Waals surface area contributed by atoms with Crippen LogP contribution in [-0.4, -0.2) is 56.9 Å². The first-order valence-electron chi connectivity index (χ1n) is 8.29. The van der Waals surface area contributed by atoms with Crippen molar-refractivity contribution in [3.63, 3.8) is 0 Å². The van der Waals surface area contributed by atoms with Crippen molar-refractivity contribution < 1.29 is 28.5 Å². The van der Waals surface area contributed by atoms with Gasteiger partial charge in [-0.05, 0) is 13.8 Å². The molecular formula is C16H23N5O6. The van der Waals surface area contributed by atoms with Crippen molar-refractivity contribution in [3.05, 3.63) is 6.33 Å². The lowest BCUT2D eigenvalue weighted by atomic mass is 10.4. The molecule has 0 spiro atoms. The normalized spacial score (nSPS) is 11.2. The van der Waals surface area contributed by atoms with Gasteiger partial charge in [-0.3, -0.25) is 14.2 Å². The Balaban J connectivity index is 2.14. The number of fused-ring (bicyclic) bond motifs is 1. The van der Waals surface area contributed by atoms with E-state index in [0.29, 0.717) is 11.2 Å². The highest BCUT2D eigenvalue weighted by atomic mass is 16.6. The first-order valence-corrected chi connectivity index (χ1v) is 8.29. The Morgan fingerprint density at radius 2 is 1.78 bits per heavy atom. The van der Waals surface area contributed by atoms with Crippen LogP contribution in [0.25, 0.3) is 11.2 Å². The maximum Gasteiger partial charge on any atom is 0.302 e. The van der Waals surface area contributed by atoms with Crippen LogP contribution in [0, 0.1) is 0 Å². The van der Waals surface area contributed by atoms with Crippen LogP contribution in [-0.2, 0) is 30.5 Å². The highest BCUT2D eigenvalue weighted by Crippen LogP contribution is 2.23. The average Bonchev–Trinajstić information content (AvgIpc) is 2.96. The molecule has 0 saturated heterocycles. The number of hydrogen-bond donors (Lipinski definition) is 1. The fourth-order valence-electron chi connectivity index (χ4n) is 2.08. The van der Waals surface area contributed by atoms with E-state index >= 15 is 0 Å². The van der Waals surface area contributed by atoms with Gasteiger partial charge in [0, 0.05) is 13.8 Å². The number of nitrogens with two attached hydrogens (primary N) is 1. The van der Waals surface area contributed by atoms with Crippen LogP contribution < -0.4 is 10.5 Å². The van der Waals surface area contributed by atoms with Gasteiger partial charge in [0.1, 0.15) is 26.0 Å². The molecule has 0 aliphatic rings. The molecule has 0 bridgehead atoms. The van der Waals surface area contributed by atoms with Crippen molar-refractivity contribution in [2.45, 2.75) is 46.6 Å². The Morgan fingerprint density at radius 3 is 2.33 bits per heavy atom. The predicted octanol–water partition coefficient (Wildman–Crippen LogP) is 0.665. The predicted molar refractivity (Wildman–Crippen MR) is 93.6 cm³/mol. The summed E-state index contributed by atoms with van der Waals surface area (Å²) in [4.78, 5) is 34.5. The van der Waals surface area contributed by atoms with E-state index < -0.39 is 18.0 Å². The summed E-state index contributed by atoms with van der Waals surface area (Å²) in [6.07, 6.45) is 0.738. The summed E-state index contributed by atoms with van der Waals surface area (Å²) in [6, 6.07) is 0. The number of aromatic nitrogens is 4. The van der Waals surface area contributed by atoms with E-state index in [4.69, 9.17) is 24.7 Å². The molecule has 11 heteroatoms. The molecule has 0 radical (unpaired) electrons. The van der Waals surface area contributed by atoms with E-state index in [2.05, 4.69) is 15.0 Å². The van der Waals surface area contributed by atoms with Crippen LogP contribution in [0.1, 0.15) is 27.7 Å². The molecule has 0 aliphatic carbocycles. The van der Waals surface area contributed by atoms with Crippen LogP contribution in [0.15, 0.2) is 6.33 Å². The smallest absolute Gasteiger partial charge is 0.302 e. The summed E-state index contributed by atoms with van der Waals surface area (Å²) < 4.78 is 22.7. The third kappa shape index (κ3) is 6.06. The number of imidazole rings is 1. The molecule has 2 aromatic rings. The van der Waals surface area contributed by atoms with Gasteiger partial charge in [0.05, 0.1) is 12.4 Å². The lowest BCUT2D eigenvalue weighted by Crippen LogP contribution is -2.28. The van der Waals surface area contributed by atoms with Gasteiger partial charge >= 0.3 is 11.9 Å². The van der Waals surface area contributed by atoms with Crippen molar-refractivity contribution in [3.8, 4) is 5.88 Å². The van der Waals surface area contributed by atoms with Crippen LogP contribution in [0.3, 0.4) is 0 Å². The standard InChI is InChI=1S/C16H23N5O6/c1-9(2)27-15-13-14(19-16(17)20-15)21(7-18-13)8-26-12(5-24-10(3)22)6-25-11(4)23/h7,9,12H,5-6,8H2,1-4H3,(H2,17,19,20). The quantitative estimate of drug-likeness (QED) is 0.616. The molecule has 2 N–H and O–H groups in total. The molecule has 0 fully saturated rings. The van der Waals surface area contributed by atoms with Gasteiger partial charge in [0.15, 0.2) is 11.2 Å². The van der Waals surface area contributed by atoms with Crippen molar-refractivity contribution in [1.29, 1.82) is 0 Å². The molecule has 0 atom stereocenters. The lowest BCUT2D eigenvalue weighted by molar-refractivity contribution is -0.154. The molecule has 0 aliphatic heterocycles. The van der Waals surface area contributed by atoms with Gasteiger partial charge in [-0.2, -0.15) is 9.97 Å². The molecule has 2 heterocycles. The number of anilines is 1. The second-order valence-electron chi connectivity index (χ2n) is 5.96. The molecule has 0 unspecified atom stereocenters. The van der Waals surface area contributed by atoms with E-state index in [1.165, 1.54) is 20.2 Å². The molecular weight excluding hydrogens is 358 g/mol. The Labute approximate surface area is 155 Å². The highest BCUT2D eigenvalue weighted by molar-refractivity contribution is 5.77. The number of carbonyl (C=O) groups excluding carboxylic acids is 2. The zero-order valence-electron chi connectivity index (χ0n) is 15.7. The zero-order valence-corrected chi connectivity index (χ0v) is 15.7. The molecule has 2 aromatic heterocycles. The number of esters is 2. The highest BCUT2D eigenvalue weighted by Gasteiger charge is 2.17. The number of carbonyl (C=O) groups is 2. The minimum absolute atomic E-state index is 0.0151. The third-order valence-electron chi connectivity index (χ3n) is 3.19. The summed E-state index contributed by atoms with van der Waals surface area (Å²) >= 11 is 0. The van der Waals surface area contributed by atoms with Gasteiger partial charge in [0.2, 0.25) is 11.8 Å². The second kappa shape index (κ2) is 9.12. The fraction of sp³-hybridized carbons (Fsp3) is 0.562. The minimum Gasteiger partial charge on any atom is -0.473 e. The molecule has 0 saturated carbocycles. The van der Waals surface area contributed by atoms with Gasteiger partial charge in [0.25, 0.3) is 0 Å². The molecule has 0 aromatic carbocycles. The summed E-state index contributed by atoms with van der Waals surface area (Å²) in [6.45, 7) is 6.17. The van der Waals surface area contributed by atoms with E-state index in [1.807, 2.05) is 13.8 Å². The Morgan fingerprint density at radius 1 is 1.15 bits per heavy atom. The first-order chi connectivity index (χ1) is 12.8. The summed E-state index contributed by atoms with van der Waals surface area (Å²) in [7, 11) is 0. The van der Waals surface area contributed by atoms with Gasteiger partial charge in [-0.15, -0.1) is 0 Å². The number of rotatable bonds is 9. The van der Waals surface area contributed by atoms with Crippen LogP contribution in [0.5, 0.6) is 5.88 Å². The van der Waals surface area contributed by atoms with Crippen LogP contribution >= 0.6 is 0 Å². The first kappa shape index (κ1) is 20.4. The summed E-state index contributed by atoms with van der Waals surface area (Å²) in [5, 5.41) is 0. The Hall–Kier alpha value is -2.95. The minimum atomic E-state index is -0.652. The Kier molecular flexibility index (Phi) is 6.88. The molecule has 148 valence electrons. The van der Waals surface area contributed by atoms with Crippen molar-refractivity contribution >= 4 is 29.1 Å². The monoisotopic (exact) mass is 381 g/mol. The van der Waals surface area contributed by atoms with E-state index in [1.54, 1.807) is 4.57 Å². The van der Waals surface area contributed by atoms with E-state index in [-0.39, 0.29) is 37.9 Å². The molecule has 2 rings (SSSR count). The van der Waals surface area contributed by atoms with Crippen molar-refractivity contribution in [2.24, 2.45) is 0 Å². The molecule has 11 nitrogen and oxygen atoms in total. The van der Waals surface area contributed by atoms with Crippen molar-refractivity contribution in [2.75, 3.05) is 18.9 Å². The average molecular weight is 381 g/mol. The summed E-state index contributed by atoms with van der Waals surface area (Å²) in [5.41, 5.74) is 6.62. The fourth-order valence-corrected chi connectivity index (χ4v) is 2.08. The van der Waals surface area contributed by atoms with Gasteiger partial charge < -0.3 is 24.7 Å². The second-order valence-corrected chi connectivity index (χ2v) is 5.96. The lowest BCUT2D eigenvalue weighted by Gasteiger charge is -2.17. The topological polar surface area (TPSA) is 141 Å². The van der Waals surface area contributed by atoms with E-state index in [9.17, 15) is 9.59 Å². The SMILES string of the molecule is CC(=O)OCC(COC(C)=O)OCn1cnc2c(OC(C)C)nc(N)nc21. The number of hydrogen-bond acceptors (Lipinski definition) is 10. The summed E-state index contributed by atoms with van der Waals surface area (Å²) in [5.74, 6) is -0.607. The van der Waals surface area contributed by atoms with Gasteiger partial charge in [-0.25, -0.2) is 4.98 Å². The third-order valence-corrected chi connectivity index (χ3v) is 3.19. The maximum absolute atomic E-state index is 11.0. The maximum atomic E-state index is 11.0. The Bertz CT molecular complexity index is 788. The largest absolute Gasteiger partial charge is 0.473 e. The van der Waals surface area contributed by atoms with Crippen LogP contribution in [0.2, 0.25) is 0 Å². The van der Waals surface area contributed by atoms with Crippen LogP contribution in [0.4, 0.5) is 5.95 Å². The van der Waals surface area contributed by atoms with E-state index in [0.717, 1.165) is 0 Å². The van der Waals surface area contributed by atoms with Gasteiger partial charge in [-0.1, -0.05) is 0 Å². The molecule has 27 heavy (non-hydrogen) atoms. The zero-order chi connectivity index (χ0) is 20.0. The number of nitrogens with zero attached hydrogens (tertiary/aromatic N) is 4. The number of ether oxygens (including phenoxy) is 4. The van der Waals surface area contributed by atoms with Crippen molar-refractivity contribution in [1.82, 2.24) is 19.5 Å². The molecule has 0 amide bonds.